The zero-order chi connectivity index (χ0) is 28.0. The van der Waals surface area contributed by atoms with E-state index in [1.165, 1.54) is 18.3 Å². The summed E-state index contributed by atoms with van der Waals surface area (Å²) in [6.45, 7) is 6.24. The Kier molecular flexibility index (Phi) is 9.22. The van der Waals surface area contributed by atoms with Crippen LogP contribution in [0.25, 0.3) is 11.3 Å². The zero-order valence-electron chi connectivity index (χ0n) is 22.7. The summed E-state index contributed by atoms with van der Waals surface area (Å²) in [6.07, 6.45) is 5.13. The Labute approximate surface area is 228 Å². The van der Waals surface area contributed by atoms with Gasteiger partial charge in [-0.2, -0.15) is 0 Å². The van der Waals surface area contributed by atoms with Crippen LogP contribution in [0, 0.1) is 18.8 Å². The first-order valence-corrected chi connectivity index (χ1v) is 13.5. The van der Waals surface area contributed by atoms with Gasteiger partial charge in [0.05, 0.1) is 23.9 Å². The van der Waals surface area contributed by atoms with Crippen LogP contribution in [0.5, 0.6) is 0 Å². The summed E-state index contributed by atoms with van der Waals surface area (Å²) in [5, 5.41) is 14.4. The molecule has 39 heavy (non-hydrogen) atoms. The fourth-order valence-electron chi connectivity index (χ4n) is 5.04. The Hall–Kier alpha value is -3.46. The Balaban J connectivity index is 1.43. The highest BCUT2D eigenvalue weighted by atomic mass is 19.3. The molecule has 1 aliphatic carbocycles. The number of aryl methyl sites for hydroxylation is 1. The first kappa shape index (κ1) is 28.5. The minimum atomic E-state index is -2.58. The summed E-state index contributed by atoms with van der Waals surface area (Å²) < 4.78 is 31.5. The number of ether oxygens (including phenoxy) is 1. The Morgan fingerprint density at radius 1 is 1.13 bits per heavy atom. The highest BCUT2D eigenvalue weighted by molar-refractivity contribution is 5.72. The minimum Gasteiger partial charge on any atom is -0.465 e. The first-order valence-electron chi connectivity index (χ1n) is 13.5. The largest absolute Gasteiger partial charge is 0.465 e. The van der Waals surface area contributed by atoms with Crippen LogP contribution in [0.15, 0.2) is 48.8 Å². The van der Waals surface area contributed by atoms with Gasteiger partial charge in [-0.1, -0.05) is 13.3 Å². The molecule has 1 saturated carbocycles. The van der Waals surface area contributed by atoms with Crippen LogP contribution < -0.4 is 5.32 Å². The molecule has 1 unspecified atom stereocenters. The molecule has 208 valence electrons. The Morgan fingerprint density at radius 2 is 1.90 bits per heavy atom. The molecule has 0 bridgehead atoms. The average Bonchev–Trinajstić information content (AvgIpc) is 2.93. The van der Waals surface area contributed by atoms with Gasteiger partial charge in [-0.15, -0.1) is 0 Å². The van der Waals surface area contributed by atoms with E-state index in [1.807, 2.05) is 31.2 Å². The van der Waals surface area contributed by atoms with E-state index in [2.05, 4.69) is 27.2 Å². The molecule has 1 fully saturated rings. The number of pyridine rings is 3. The van der Waals surface area contributed by atoms with Crippen molar-refractivity contribution in [2.45, 2.75) is 71.3 Å². The SMILES string of the molecule is CCCCOC(=O)[C@H]1CC[C@H](C(C)(O)c2ccc(-c3cc(C)cc(Nc4cc(C(F)F)ccn4)n3)cn2)CC1. The molecular weight excluding hydrogens is 502 g/mol. The van der Waals surface area contributed by atoms with Crippen LogP contribution >= 0.6 is 0 Å². The van der Waals surface area contributed by atoms with E-state index in [0.717, 1.165) is 36.8 Å². The number of carbonyl (C=O) groups is 1. The summed E-state index contributed by atoms with van der Waals surface area (Å²) in [5.41, 5.74) is 1.65. The lowest BCUT2D eigenvalue weighted by molar-refractivity contribution is -0.151. The molecule has 0 saturated heterocycles. The molecule has 4 rings (SSSR count). The number of aromatic nitrogens is 3. The quantitative estimate of drug-likeness (QED) is 0.214. The maximum Gasteiger partial charge on any atom is 0.308 e. The Bertz CT molecular complexity index is 1260. The van der Waals surface area contributed by atoms with Crippen molar-refractivity contribution in [1.82, 2.24) is 15.0 Å². The number of alkyl halides is 2. The molecule has 3 aromatic rings. The topological polar surface area (TPSA) is 97.2 Å². The van der Waals surface area contributed by atoms with Crippen molar-refractivity contribution in [3.05, 3.63) is 65.6 Å². The number of aliphatic hydroxyl groups is 1. The van der Waals surface area contributed by atoms with Crippen LogP contribution in [0.2, 0.25) is 0 Å². The number of hydrogen-bond donors (Lipinski definition) is 2. The van der Waals surface area contributed by atoms with Gasteiger partial charge in [0, 0.05) is 23.5 Å². The van der Waals surface area contributed by atoms with E-state index in [4.69, 9.17) is 4.74 Å². The molecule has 0 spiro atoms. The number of rotatable bonds is 10. The fraction of sp³-hybridized carbons (Fsp3) is 0.467. The van der Waals surface area contributed by atoms with Crippen molar-refractivity contribution >= 4 is 17.6 Å². The lowest BCUT2D eigenvalue weighted by Crippen LogP contribution is -2.37. The second-order valence-corrected chi connectivity index (χ2v) is 10.5. The van der Waals surface area contributed by atoms with E-state index < -0.39 is 12.0 Å². The van der Waals surface area contributed by atoms with Gasteiger partial charge in [-0.3, -0.25) is 9.78 Å². The lowest BCUT2D eigenvalue weighted by Gasteiger charge is -2.37. The van der Waals surface area contributed by atoms with E-state index in [0.29, 0.717) is 36.7 Å². The van der Waals surface area contributed by atoms with Gasteiger partial charge in [-0.25, -0.2) is 18.7 Å². The summed E-state index contributed by atoms with van der Waals surface area (Å²) in [4.78, 5) is 25.6. The number of carbonyl (C=O) groups excluding carboxylic acids is 1. The molecule has 2 N–H and O–H groups in total. The average molecular weight is 539 g/mol. The van der Waals surface area contributed by atoms with Crippen molar-refractivity contribution in [2.75, 3.05) is 11.9 Å². The molecule has 1 aliphatic rings. The molecule has 3 heterocycles. The fourth-order valence-corrected chi connectivity index (χ4v) is 5.04. The van der Waals surface area contributed by atoms with Crippen molar-refractivity contribution in [2.24, 2.45) is 11.8 Å². The van der Waals surface area contributed by atoms with Gasteiger partial charge in [-0.05, 0) is 93.8 Å². The van der Waals surface area contributed by atoms with Crippen LogP contribution in [-0.2, 0) is 15.1 Å². The number of unbranched alkanes of at least 4 members (excludes halogenated alkanes) is 1. The van der Waals surface area contributed by atoms with Crippen LogP contribution in [0.1, 0.15) is 75.6 Å². The van der Waals surface area contributed by atoms with E-state index in [1.54, 1.807) is 13.1 Å². The molecule has 9 heteroatoms. The van der Waals surface area contributed by atoms with E-state index in [9.17, 15) is 18.7 Å². The smallest absolute Gasteiger partial charge is 0.308 e. The molecule has 7 nitrogen and oxygen atoms in total. The highest BCUT2D eigenvalue weighted by Gasteiger charge is 2.39. The van der Waals surface area contributed by atoms with Gasteiger partial charge in [0.2, 0.25) is 0 Å². The molecular formula is C30H36F2N4O3. The standard InChI is InChI=1S/C30H36F2N4O3/c1-4-5-14-39-29(37)20-6-9-23(10-7-20)30(3,38)25-11-8-22(18-34-25)24-15-19(2)16-27(35-24)36-26-17-21(28(31)32)12-13-33-26/h8,11-13,15-18,20,23,28,38H,4-7,9-10,14H2,1-3H3,(H,33,35,36)/t20-,23-,30?. The van der Waals surface area contributed by atoms with Crippen LogP contribution in [-0.4, -0.2) is 32.6 Å². The highest BCUT2D eigenvalue weighted by Crippen LogP contribution is 2.41. The number of nitrogens with zero attached hydrogens (tertiary/aromatic N) is 3. The number of anilines is 2. The Morgan fingerprint density at radius 3 is 2.56 bits per heavy atom. The van der Waals surface area contributed by atoms with E-state index in [-0.39, 0.29) is 29.2 Å². The van der Waals surface area contributed by atoms with Gasteiger partial charge in [0.1, 0.15) is 17.2 Å². The van der Waals surface area contributed by atoms with Gasteiger partial charge in [0.15, 0.2) is 0 Å². The van der Waals surface area contributed by atoms with E-state index >= 15 is 0 Å². The third-order valence-corrected chi connectivity index (χ3v) is 7.44. The third-order valence-electron chi connectivity index (χ3n) is 7.44. The monoisotopic (exact) mass is 538 g/mol. The molecule has 0 aliphatic heterocycles. The second-order valence-electron chi connectivity index (χ2n) is 10.5. The van der Waals surface area contributed by atoms with Crippen molar-refractivity contribution in [1.29, 1.82) is 0 Å². The first-order chi connectivity index (χ1) is 18.7. The number of halogens is 2. The predicted octanol–water partition coefficient (Wildman–Crippen LogP) is 6.89. The number of nitrogens with one attached hydrogen (secondary N) is 1. The minimum absolute atomic E-state index is 0.0139. The van der Waals surface area contributed by atoms with Crippen molar-refractivity contribution in [3.8, 4) is 11.3 Å². The van der Waals surface area contributed by atoms with Gasteiger partial charge >= 0.3 is 5.97 Å². The number of esters is 1. The maximum atomic E-state index is 13.1. The lowest BCUT2D eigenvalue weighted by atomic mass is 9.73. The molecule has 3 aromatic heterocycles. The normalized spacial score (nSPS) is 18.9. The molecule has 0 aromatic carbocycles. The molecule has 0 radical (unpaired) electrons. The van der Waals surface area contributed by atoms with Gasteiger partial charge < -0.3 is 15.2 Å². The molecule has 1 atom stereocenters. The summed E-state index contributed by atoms with van der Waals surface area (Å²) in [6, 6.07) is 9.98. The third kappa shape index (κ3) is 7.15. The van der Waals surface area contributed by atoms with Crippen LogP contribution in [0.3, 0.4) is 0 Å². The van der Waals surface area contributed by atoms with Crippen LogP contribution in [0.4, 0.5) is 20.4 Å². The van der Waals surface area contributed by atoms with Gasteiger partial charge in [0.25, 0.3) is 6.43 Å². The van der Waals surface area contributed by atoms with Crippen molar-refractivity contribution < 1.29 is 23.4 Å². The maximum absolute atomic E-state index is 13.1. The predicted molar refractivity (Wildman–Crippen MR) is 146 cm³/mol. The zero-order valence-corrected chi connectivity index (χ0v) is 22.7. The molecule has 0 amide bonds. The summed E-state index contributed by atoms with van der Waals surface area (Å²) in [7, 11) is 0. The second kappa shape index (κ2) is 12.6. The number of hydrogen-bond acceptors (Lipinski definition) is 7. The summed E-state index contributed by atoms with van der Waals surface area (Å²) in [5.74, 6) is 0.517. The van der Waals surface area contributed by atoms with Crippen molar-refractivity contribution in [3.63, 3.8) is 0 Å². The summed E-state index contributed by atoms with van der Waals surface area (Å²) >= 11 is 0.